The van der Waals surface area contributed by atoms with Crippen molar-refractivity contribution < 1.29 is 0 Å². The Morgan fingerprint density at radius 1 is 1.21 bits per heavy atom. The smallest absolute Gasteiger partial charge is 0.0241 e. The Hall–Kier alpha value is -0.0800. The molecule has 2 unspecified atom stereocenters. The molecule has 2 atom stereocenters. The predicted molar refractivity (Wildman–Crippen MR) is 64.4 cm³/mol. The molecule has 0 aliphatic carbocycles. The van der Waals surface area contributed by atoms with E-state index in [-0.39, 0.29) is 0 Å². The van der Waals surface area contributed by atoms with Crippen molar-refractivity contribution in [3.05, 3.63) is 0 Å². The topological polar surface area (TPSA) is 29.3 Å². The lowest BCUT2D eigenvalue weighted by atomic mass is 10.00. The zero-order valence-corrected chi connectivity index (χ0v) is 10.6. The third-order valence-electron chi connectivity index (χ3n) is 2.75. The molecule has 0 aromatic rings. The molecule has 2 N–H and O–H groups in total. The minimum atomic E-state index is 0.341. The van der Waals surface area contributed by atoms with Gasteiger partial charge in [0, 0.05) is 18.6 Å². The molecule has 2 heteroatoms. The first-order chi connectivity index (χ1) is 6.52. The number of nitrogens with zero attached hydrogens (tertiary/aromatic N) is 1. The zero-order chi connectivity index (χ0) is 11.1. The van der Waals surface area contributed by atoms with E-state index in [2.05, 4.69) is 39.6 Å². The molecule has 0 aliphatic rings. The molecule has 0 aliphatic heterocycles. The van der Waals surface area contributed by atoms with Crippen LogP contribution in [0.3, 0.4) is 0 Å². The van der Waals surface area contributed by atoms with Gasteiger partial charge in [-0.25, -0.2) is 0 Å². The van der Waals surface area contributed by atoms with Gasteiger partial charge >= 0.3 is 0 Å². The van der Waals surface area contributed by atoms with Gasteiger partial charge in [0.25, 0.3) is 0 Å². The SMILES string of the molecule is CCCC(N)C(CC)N(C)CC(C)C. The standard InChI is InChI=1S/C12H28N2/c1-6-8-11(13)12(7-2)14(5)9-10(3)4/h10-12H,6-9,13H2,1-5H3. The van der Waals surface area contributed by atoms with E-state index in [1.54, 1.807) is 0 Å². The molecule has 0 aromatic heterocycles. The van der Waals surface area contributed by atoms with Crippen molar-refractivity contribution in [3.63, 3.8) is 0 Å². The summed E-state index contributed by atoms with van der Waals surface area (Å²) in [5.41, 5.74) is 6.17. The first kappa shape index (κ1) is 13.9. The minimum absolute atomic E-state index is 0.341. The summed E-state index contributed by atoms with van der Waals surface area (Å²) in [4.78, 5) is 2.42. The highest BCUT2D eigenvalue weighted by Crippen LogP contribution is 2.11. The van der Waals surface area contributed by atoms with E-state index in [1.165, 1.54) is 6.42 Å². The summed E-state index contributed by atoms with van der Waals surface area (Å²) in [7, 11) is 2.20. The van der Waals surface area contributed by atoms with Crippen LogP contribution in [0.5, 0.6) is 0 Å². The zero-order valence-electron chi connectivity index (χ0n) is 10.6. The van der Waals surface area contributed by atoms with E-state index >= 15 is 0 Å². The first-order valence-corrected chi connectivity index (χ1v) is 5.98. The van der Waals surface area contributed by atoms with Crippen LogP contribution >= 0.6 is 0 Å². The van der Waals surface area contributed by atoms with Crippen molar-refractivity contribution in [1.82, 2.24) is 4.90 Å². The fourth-order valence-electron chi connectivity index (χ4n) is 2.18. The van der Waals surface area contributed by atoms with Gasteiger partial charge in [-0.05, 0) is 25.8 Å². The number of nitrogens with two attached hydrogens (primary N) is 1. The van der Waals surface area contributed by atoms with E-state index in [0.29, 0.717) is 12.1 Å². The average Bonchev–Trinajstić information content (AvgIpc) is 2.04. The van der Waals surface area contributed by atoms with Crippen LogP contribution in [0.4, 0.5) is 0 Å². The van der Waals surface area contributed by atoms with Gasteiger partial charge in [-0.2, -0.15) is 0 Å². The molecule has 0 aromatic carbocycles. The summed E-state index contributed by atoms with van der Waals surface area (Å²) in [6, 6.07) is 0.895. The number of rotatable bonds is 7. The first-order valence-electron chi connectivity index (χ1n) is 5.98. The highest BCUT2D eigenvalue weighted by atomic mass is 15.1. The van der Waals surface area contributed by atoms with E-state index in [0.717, 1.165) is 25.3 Å². The maximum atomic E-state index is 6.17. The summed E-state index contributed by atoms with van der Waals surface area (Å²) < 4.78 is 0. The van der Waals surface area contributed by atoms with Crippen LogP contribution in [-0.4, -0.2) is 30.6 Å². The van der Waals surface area contributed by atoms with Crippen LogP contribution in [0.15, 0.2) is 0 Å². The van der Waals surface area contributed by atoms with Crippen LogP contribution in [0.25, 0.3) is 0 Å². The fourth-order valence-corrected chi connectivity index (χ4v) is 2.18. The number of hydrogen-bond donors (Lipinski definition) is 1. The monoisotopic (exact) mass is 200 g/mol. The highest BCUT2D eigenvalue weighted by Gasteiger charge is 2.19. The summed E-state index contributed by atoms with van der Waals surface area (Å²) in [5.74, 6) is 0.725. The van der Waals surface area contributed by atoms with Gasteiger partial charge in [0.15, 0.2) is 0 Å². The number of likely N-dealkylation sites (N-methyl/N-ethyl adjacent to an activating group) is 1. The van der Waals surface area contributed by atoms with Crippen molar-refractivity contribution in [2.24, 2.45) is 11.7 Å². The van der Waals surface area contributed by atoms with Crippen LogP contribution in [-0.2, 0) is 0 Å². The van der Waals surface area contributed by atoms with Crippen molar-refractivity contribution >= 4 is 0 Å². The van der Waals surface area contributed by atoms with Gasteiger partial charge in [0.2, 0.25) is 0 Å². The van der Waals surface area contributed by atoms with Gasteiger partial charge in [0.1, 0.15) is 0 Å². The summed E-state index contributed by atoms with van der Waals surface area (Å²) >= 11 is 0. The maximum Gasteiger partial charge on any atom is 0.0241 e. The molecule has 0 spiro atoms. The van der Waals surface area contributed by atoms with E-state index in [1.807, 2.05) is 0 Å². The van der Waals surface area contributed by atoms with Crippen LogP contribution in [0.1, 0.15) is 47.0 Å². The molecule has 86 valence electrons. The van der Waals surface area contributed by atoms with E-state index < -0.39 is 0 Å². The van der Waals surface area contributed by atoms with E-state index in [9.17, 15) is 0 Å². The van der Waals surface area contributed by atoms with Gasteiger partial charge in [-0.1, -0.05) is 34.1 Å². The van der Waals surface area contributed by atoms with Crippen LogP contribution < -0.4 is 5.73 Å². The second kappa shape index (κ2) is 7.24. The molecule has 0 amide bonds. The van der Waals surface area contributed by atoms with Gasteiger partial charge < -0.3 is 10.6 Å². The Bertz CT molecular complexity index is 134. The molecule has 2 nitrogen and oxygen atoms in total. The fraction of sp³-hybridized carbons (Fsp3) is 1.00. The van der Waals surface area contributed by atoms with Crippen molar-refractivity contribution in [1.29, 1.82) is 0 Å². The van der Waals surface area contributed by atoms with Crippen molar-refractivity contribution in [3.8, 4) is 0 Å². The molecule has 0 saturated carbocycles. The van der Waals surface area contributed by atoms with E-state index in [4.69, 9.17) is 5.73 Å². The lowest BCUT2D eigenvalue weighted by Gasteiger charge is -2.33. The molecule has 0 fully saturated rings. The third-order valence-corrected chi connectivity index (χ3v) is 2.75. The predicted octanol–water partition coefficient (Wildman–Crippen LogP) is 2.48. The molecule has 14 heavy (non-hydrogen) atoms. The van der Waals surface area contributed by atoms with Gasteiger partial charge in [-0.15, -0.1) is 0 Å². The molecule has 0 rings (SSSR count). The maximum absolute atomic E-state index is 6.17. The van der Waals surface area contributed by atoms with Gasteiger partial charge in [0.05, 0.1) is 0 Å². The minimum Gasteiger partial charge on any atom is -0.326 e. The molecule has 0 radical (unpaired) electrons. The molecular formula is C12H28N2. The normalized spacial score (nSPS) is 16.3. The Kier molecular flexibility index (Phi) is 7.20. The quantitative estimate of drug-likeness (QED) is 0.684. The Morgan fingerprint density at radius 3 is 2.14 bits per heavy atom. The van der Waals surface area contributed by atoms with Crippen molar-refractivity contribution in [2.45, 2.75) is 59.0 Å². The molecule has 0 saturated heterocycles. The molecule has 0 heterocycles. The summed E-state index contributed by atoms with van der Waals surface area (Å²) in [6.07, 6.45) is 3.48. The second-order valence-corrected chi connectivity index (χ2v) is 4.76. The Morgan fingerprint density at radius 2 is 1.79 bits per heavy atom. The summed E-state index contributed by atoms with van der Waals surface area (Å²) in [5, 5.41) is 0. The Balaban J connectivity index is 4.09. The lowest BCUT2D eigenvalue weighted by molar-refractivity contribution is 0.180. The lowest BCUT2D eigenvalue weighted by Crippen LogP contribution is -2.46. The third kappa shape index (κ3) is 4.97. The molecular weight excluding hydrogens is 172 g/mol. The largest absolute Gasteiger partial charge is 0.326 e. The molecule has 0 bridgehead atoms. The average molecular weight is 200 g/mol. The second-order valence-electron chi connectivity index (χ2n) is 4.76. The summed E-state index contributed by atoms with van der Waals surface area (Å²) in [6.45, 7) is 10.1. The Labute approximate surface area is 89.9 Å². The van der Waals surface area contributed by atoms with Crippen LogP contribution in [0.2, 0.25) is 0 Å². The van der Waals surface area contributed by atoms with Gasteiger partial charge in [-0.3, -0.25) is 0 Å². The highest BCUT2D eigenvalue weighted by molar-refractivity contribution is 4.79. The van der Waals surface area contributed by atoms with Crippen LogP contribution in [0, 0.1) is 5.92 Å². The van der Waals surface area contributed by atoms with Crippen molar-refractivity contribution in [2.75, 3.05) is 13.6 Å². The number of hydrogen-bond acceptors (Lipinski definition) is 2.